The minimum Gasteiger partial charge on any atom is -0.310 e. The van der Waals surface area contributed by atoms with Crippen LogP contribution in [0.2, 0.25) is 0 Å². The second-order valence-corrected chi connectivity index (χ2v) is 9.61. The van der Waals surface area contributed by atoms with Gasteiger partial charge in [0.1, 0.15) is 5.82 Å². The Morgan fingerprint density at radius 2 is 1.97 bits per heavy atom. The van der Waals surface area contributed by atoms with Gasteiger partial charge in [0.25, 0.3) is 5.56 Å². The molecule has 0 saturated carbocycles. The van der Waals surface area contributed by atoms with Crippen LogP contribution in [0.4, 0.5) is 4.39 Å². The summed E-state index contributed by atoms with van der Waals surface area (Å²) in [5.74, 6) is -1.36. The van der Waals surface area contributed by atoms with Crippen LogP contribution in [0.25, 0.3) is 22.0 Å². The van der Waals surface area contributed by atoms with Gasteiger partial charge in [0.05, 0.1) is 17.2 Å². The molecule has 0 aliphatic carbocycles. The number of fused-ring (bicyclic) bond motifs is 1. The summed E-state index contributed by atoms with van der Waals surface area (Å²) in [6.07, 6.45) is 1.96. The molecule has 1 amide bonds. The maximum atomic E-state index is 14.0. The normalized spacial score (nSPS) is 13.7. The zero-order valence-corrected chi connectivity index (χ0v) is 17.2. The third kappa shape index (κ3) is 3.83. The van der Waals surface area contributed by atoms with Gasteiger partial charge in [-0.25, -0.2) is 17.8 Å². The lowest BCUT2D eigenvalue weighted by Crippen LogP contribution is -2.50. The van der Waals surface area contributed by atoms with Crippen LogP contribution < -0.4 is 11.0 Å². The molecule has 0 fully saturated rings. The first-order chi connectivity index (χ1) is 14.1. The molecule has 0 aliphatic heterocycles. The van der Waals surface area contributed by atoms with Crippen molar-refractivity contribution in [3.05, 3.63) is 65.0 Å². The Morgan fingerprint density at radius 3 is 2.60 bits per heavy atom. The number of rotatable bonds is 6. The monoisotopic (exact) mass is 434 g/mol. The molecule has 0 radical (unpaired) electrons. The molecule has 2 aromatic carbocycles. The number of benzene rings is 2. The second kappa shape index (κ2) is 7.96. The van der Waals surface area contributed by atoms with E-state index in [0.717, 1.165) is 6.26 Å². The summed E-state index contributed by atoms with van der Waals surface area (Å²) in [7, 11) is -3.84. The predicted molar refractivity (Wildman–Crippen MR) is 111 cm³/mol. The first kappa shape index (κ1) is 21.6. The molecule has 3 N–H and O–H groups in total. The minimum atomic E-state index is -3.84. The van der Waals surface area contributed by atoms with Crippen LogP contribution in [-0.2, 0) is 21.2 Å². The number of carbonyl (C=O) groups excluding carboxylic acids is 1. The molecule has 0 spiro atoms. The van der Waals surface area contributed by atoms with Gasteiger partial charge >= 0.3 is 5.91 Å². The van der Waals surface area contributed by atoms with Crippen LogP contribution in [0.5, 0.6) is 0 Å². The Balaban J connectivity index is 1.96. The highest BCUT2D eigenvalue weighted by Crippen LogP contribution is 2.25. The summed E-state index contributed by atoms with van der Waals surface area (Å²) in [5.41, 5.74) is 2.53. The number of nitrogens with one attached hydrogen (secondary N) is 1. The fraction of sp³-hybridized carbons (Fsp3) is 0.250. The molecule has 0 saturated heterocycles. The highest BCUT2D eigenvalue weighted by Gasteiger charge is 2.44. The van der Waals surface area contributed by atoms with Crippen molar-refractivity contribution >= 4 is 26.6 Å². The molecule has 10 heteroatoms. The summed E-state index contributed by atoms with van der Waals surface area (Å²) in [6.45, 7) is 1.13. The van der Waals surface area contributed by atoms with Crippen molar-refractivity contribution in [3.8, 4) is 11.1 Å². The Kier molecular flexibility index (Phi) is 5.73. The van der Waals surface area contributed by atoms with Crippen LogP contribution >= 0.6 is 0 Å². The molecule has 158 valence electrons. The number of aromatic nitrogens is 2. The summed E-state index contributed by atoms with van der Waals surface area (Å²) in [4.78, 5) is 29.0. The predicted octanol–water partition coefficient (Wildman–Crippen LogP) is 1.15. The van der Waals surface area contributed by atoms with E-state index >= 15 is 0 Å². The van der Waals surface area contributed by atoms with E-state index in [0.29, 0.717) is 16.6 Å². The Bertz CT molecular complexity index is 1290. The number of nitrogens with zero attached hydrogens (tertiary/aromatic N) is 2. The van der Waals surface area contributed by atoms with Crippen molar-refractivity contribution in [1.29, 1.82) is 0 Å². The molecule has 1 heterocycles. The van der Waals surface area contributed by atoms with Crippen LogP contribution in [-0.4, -0.2) is 40.1 Å². The second-order valence-electron chi connectivity index (χ2n) is 7.16. The lowest BCUT2D eigenvalue weighted by Gasteiger charge is -2.24. The first-order valence-corrected chi connectivity index (χ1v) is 10.9. The van der Waals surface area contributed by atoms with Crippen LogP contribution in [0.15, 0.2) is 53.6 Å². The molecule has 3 rings (SSSR count). The SMILES string of the molecule is C[C@@](CCn1cnc2cc(-c3ccccc3F)ccc2c1=O)(C(=O)N[OH2+])S(C)(=O)=O. The van der Waals surface area contributed by atoms with Gasteiger partial charge in [0, 0.05) is 18.4 Å². The van der Waals surface area contributed by atoms with Crippen molar-refractivity contribution < 1.29 is 22.8 Å². The number of amides is 1. The van der Waals surface area contributed by atoms with Crippen molar-refractivity contribution in [2.24, 2.45) is 0 Å². The van der Waals surface area contributed by atoms with Crippen molar-refractivity contribution in [1.82, 2.24) is 15.0 Å². The third-order valence-electron chi connectivity index (χ3n) is 5.25. The van der Waals surface area contributed by atoms with E-state index in [1.165, 1.54) is 30.0 Å². The maximum Gasteiger partial charge on any atom is 0.304 e. The molecule has 1 atom stereocenters. The van der Waals surface area contributed by atoms with Gasteiger partial charge in [-0.15, -0.1) is 5.48 Å². The summed E-state index contributed by atoms with van der Waals surface area (Å²) < 4.78 is 37.6. The Labute approximate surface area is 171 Å². The number of hydrogen-bond donors (Lipinski definition) is 1. The first-order valence-electron chi connectivity index (χ1n) is 8.99. The maximum absolute atomic E-state index is 14.0. The van der Waals surface area contributed by atoms with Crippen LogP contribution in [0, 0.1) is 5.82 Å². The summed E-state index contributed by atoms with van der Waals surface area (Å²) in [6, 6.07) is 11.0. The van der Waals surface area contributed by atoms with Gasteiger partial charge in [0.2, 0.25) is 0 Å². The van der Waals surface area contributed by atoms with E-state index in [1.54, 1.807) is 35.8 Å². The number of sulfone groups is 1. The summed E-state index contributed by atoms with van der Waals surface area (Å²) in [5, 5.41) is 7.29. The van der Waals surface area contributed by atoms with E-state index < -0.39 is 31.9 Å². The van der Waals surface area contributed by atoms with Crippen molar-refractivity contribution in [2.45, 2.75) is 24.6 Å². The van der Waals surface area contributed by atoms with Crippen LogP contribution in [0.3, 0.4) is 0 Å². The minimum absolute atomic E-state index is 0.0895. The number of aryl methyl sites for hydroxylation is 1. The van der Waals surface area contributed by atoms with Gasteiger partial charge in [-0.2, -0.15) is 0 Å². The smallest absolute Gasteiger partial charge is 0.304 e. The Hall–Kier alpha value is -3.11. The zero-order chi connectivity index (χ0) is 22.1. The number of hydroxylamine groups is 1. The quantitative estimate of drug-likeness (QED) is 0.461. The van der Waals surface area contributed by atoms with Gasteiger partial charge in [-0.05, 0) is 37.1 Å². The van der Waals surface area contributed by atoms with E-state index in [-0.39, 0.29) is 18.4 Å². The van der Waals surface area contributed by atoms with Gasteiger partial charge < -0.3 is 5.21 Å². The van der Waals surface area contributed by atoms with Crippen molar-refractivity contribution in [3.63, 3.8) is 0 Å². The molecule has 30 heavy (non-hydrogen) atoms. The van der Waals surface area contributed by atoms with Crippen LogP contribution in [0.1, 0.15) is 13.3 Å². The van der Waals surface area contributed by atoms with E-state index in [4.69, 9.17) is 5.21 Å². The molecular weight excluding hydrogens is 413 g/mol. The molecule has 0 bridgehead atoms. The highest BCUT2D eigenvalue weighted by molar-refractivity contribution is 7.92. The molecule has 0 aliphatic rings. The summed E-state index contributed by atoms with van der Waals surface area (Å²) >= 11 is 0. The topological polar surface area (TPSA) is 121 Å². The average molecular weight is 434 g/mol. The zero-order valence-electron chi connectivity index (χ0n) is 16.3. The third-order valence-corrected chi connectivity index (χ3v) is 7.28. The molecule has 1 aromatic heterocycles. The fourth-order valence-corrected chi connectivity index (χ4v) is 3.96. The van der Waals surface area contributed by atoms with Gasteiger partial charge in [0.15, 0.2) is 14.6 Å². The largest absolute Gasteiger partial charge is 0.310 e. The standard InChI is InChI=1S/C20H20FN3O5S/c1-20(19(26)23-27,30(2,28)29)9-10-24-12-22-17-11-13(7-8-15(17)18(24)25)14-5-3-4-6-16(14)21/h3-8,11-12,27H,9-10H2,1-2H3,(H,23,26)/p+1/t20-/m1/s1. The molecular formula is C20H21FN3O5S+. The Morgan fingerprint density at radius 1 is 1.27 bits per heavy atom. The molecule has 8 nitrogen and oxygen atoms in total. The lowest BCUT2D eigenvalue weighted by molar-refractivity contribution is -0.131. The molecule has 0 unspecified atom stereocenters. The fourth-order valence-electron chi connectivity index (χ4n) is 3.11. The number of hydrogen-bond acceptors (Lipinski definition) is 5. The number of carbonyl (C=O) groups is 1. The van der Waals surface area contributed by atoms with E-state index in [1.807, 2.05) is 0 Å². The van der Waals surface area contributed by atoms with Gasteiger partial charge in [-0.3, -0.25) is 14.2 Å². The van der Waals surface area contributed by atoms with Crippen molar-refractivity contribution in [2.75, 3.05) is 6.26 Å². The number of halogens is 1. The average Bonchev–Trinajstić information content (AvgIpc) is 2.71. The highest BCUT2D eigenvalue weighted by atomic mass is 32.2. The van der Waals surface area contributed by atoms with Gasteiger partial charge in [-0.1, -0.05) is 24.3 Å². The van der Waals surface area contributed by atoms with E-state index in [2.05, 4.69) is 4.98 Å². The lowest BCUT2D eigenvalue weighted by atomic mass is 10.0. The van der Waals surface area contributed by atoms with E-state index in [9.17, 15) is 22.4 Å². The molecule has 3 aromatic rings.